The molecular formula is C7H7Br. The molecule has 0 heterocycles. The Kier molecular flexibility index (Phi) is 1.69. The molecule has 0 bridgehead atoms. The van der Waals surface area contributed by atoms with Gasteiger partial charge in [-0.15, -0.1) is 0 Å². The van der Waals surface area contributed by atoms with Crippen LogP contribution in [0.3, 0.4) is 0 Å². The molecule has 0 saturated carbocycles. The quantitative estimate of drug-likeness (QED) is 0.525. The van der Waals surface area contributed by atoms with E-state index in [0.717, 1.165) is 10.9 Å². The number of hydrogen-bond donors (Lipinski definition) is 0. The van der Waals surface area contributed by atoms with E-state index in [2.05, 4.69) is 28.6 Å². The molecule has 0 nitrogen and oxygen atoms in total. The van der Waals surface area contributed by atoms with E-state index in [1.54, 1.807) is 0 Å². The maximum absolute atomic E-state index is 3.81. The summed E-state index contributed by atoms with van der Waals surface area (Å²) in [7, 11) is 0. The fourth-order valence-electron chi connectivity index (χ4n) is 0.625. The third kappa shape index (κ3) is 1.34. The van der Waals surface area contributed by atoms with Crippen molar-refractivity contribution in [3.8, 4) is 0 Å². The summed E-state index contributed by atoms with van der Waals surface area (Å²) in [6.45, 7) is 3.81. The van der Waals surface area contributed by atoms with Gasteiger partial charge >= 0.3 is 0 Å². The zero-order valence-corrected chi connectivity index (χ0v) is 6.11. The highest BCUT2D eigenvalue weighted by Gasteiger charge is 1.93. The van der Waals surface area contributed by atoms with E-state index >= 15 is 0 Å². The second-order valence-corrected chi connectivity index (χ2v) is 2.71. The number of allylic oxidation sites excluding steroid dienone is 5. The minimum absolute atomic E-state index is 0.995. The molecule has 1 aliphatic rings. The highest BCUT2D eigenvalue weighted by Crippen LogP contribution is 2.17. The molecule has 8 heavy (non-hydrogen) atoms. The van der Waals surface area contributed by atoms with E-state index in [1.165, 1.54) is 5.57 Å². The molecule has 0 radical (unpaired) electrons. The third-order valence-corrected chi connectivity index (χ3v) is 1.49. The van der Waals surface area contributed by atoms with Crippen molar-refractivity contribution in [3.05, 3.63) is 34.9 Å². The molecule has 0 aromatic rings. The van der Waals surface area contributed by atoms with Gasteiger partial charge < -0.3 is 0 Å². The molecule has 0 fully saturated rings. The van der Waals surface area contributed by atoms with E-state index in [9.17, 15) is 0 Å². The highest BCUT2D eigenvalue weighted by atomic mass is 79.9. The van der Waals surface area contributed by atoms with Gasteiger partial charge in [-0.25, -0.2) is 0 Å². The second kappa shape index (κ2) is 2.31. The van der Waals surface area contributed by atoms with Crippen molar-refractivity contribution in [2.45, 2.75) is 6.42 Å². The summed E-state index contributed by atoms with van der Waals surface area (Å²) >= 11 is 3.34. The SMILES string of the molecule is C=C1C=C(Br)C=CC1. The van der Waals surface area contributed by atoms with E-state index in [0.29, 0.717) is 0 Å². The van der Waals surface area contributed by atoms with E-state index in [1.807, 2.05) is 12.2 Å². The molecule has 0 unspecified atom stereocenters. The molecule has 0 aliphatic heterocycles. The van der Waals surface area contributed by atoms with Crippen molar-refractivity contribution in [1.29, 1.82) is 0 Å². The smallest absolute Gasteiger partial charge is 0.0174 e. The van der Waals surface area contributed by atoms with Gasteiger partial charge in [0.15, 0.2) is 0 Å². The lowest BCUT2D eigenvalue weighted by atomic mass is 10.1. The molecule has 1 rings (SSSR count). The summed E-state index contributed by atoms with van der Waals surface area (Å²) in [5, 5.41) is 0. The summed E-state index contributed by atoms with van der Waals surface area (Å²) < 4.78 is 1.12. The Morgan fingerprint density at radius 1 is 1.62 bits per heavy atom. The molecule has 0 atom stereocenters. The molecule has 0 saturated heterocycles. The number of hydrogen-bond acceptors (Lipinski definition) is 0. The second-order valence-electron chi connectivity index (χ2n) is 1.79. The van der Waals surface area contributed by atoms with Crippen LogP contribution in [0.1, 0.15) is 6.42 Å². The summed E-state index contributed by atoms with van der Waals surface area (Å²) in [4.78, 5) is 0. The fraction of sp³-hybridized carbons (Fsp3) is 0.143. The lowest BCUT2D eigenvalue weighted by Gasteiger charge is -1.99. The average Bonchev–Trinajstić information content (AvgIpc) is 1.64. The van der Waals surface area contributed by atoms with Gasteiger partial charge in [0.25, 0.3) is 0 Å². The molecule has 0 amide bonds. The van der Waals surface area contributed by atoms with Crippen LogP contribution in [0.5, 0.6) is 0 Å². The van der Waals surface area contributed by atoms with Crippen molar-refractivity contribution < 1.29 is 0 Å². The first kappa shape index (κ1) is 5.83. The first-order valence-corrected chi connectivity index (χ1v) is 3.30. The molecule has 0 aromatic carbocycles. The van der Waals surface area contributed by atoms with Crippen molar-refractivity contribution in [2.24, 2.45) is 0 Å². The third-order valence-electron chi connectivity index (χ3n) is 0.999. The van der Waals surface area contributed by atoms with Crippen molar-refractivity contribution in [1.82, 2.24) is 0 Å². The maximum Gasteiger partial charge on any atom is 0.0174 e. The van der Waals surface area contributed by atoms with Gasteiger partial charge in [-0.05, 0) is 12.5 Å². The molecule has 0 spiro atoms. The van der Waals surface area contributed by atoms with Crippen LogP contribution in [0.25, 0.3) is 0 Å². The van der Waals surface area contributed by atoms with Gasteiger partial charge in [0, 0.05) is 4.48 Å². The van der Waals surface area contributed by atoms with Gasteiger partial charge in [0.1, 0.15) is 0 Å². The summed E-state index contributed by atoms with van der Waals surface area (Å²) in [6.07, 6.45) is 7.15. The Hall–Kier alpha value is -0.300. The van der Waals surface area contributed by atoms with Crippen LogP contribution in [0.4, 0.5) is 0 Å². The van der Waals surface area contributed by atoms with Crippen LogP contribution < -0.4 is 0 Å². The minimum atomic E-state index is 0.995. The standard InChI is InChI=1S/C7H7Br/c1-6-3-2-4-7(8)5-6/h2,4-5H,1,3H2. The van der Waals surface area contributed by atoms with E-state index in [4.69, 9.17) is 0 Å². The summed E-state index contributed by atoms with van der Waals surface area (Å²) in [5.41, 5.74) is 1.17. The number of rotatable bonds is 0. The summed E-state index contributed by atoms with van der Waals surface area (Å²) in [6, 6.07) is 0. The lowest BCUT2D eigenvalue weighted by Crippen LogP contribution is -1.78. The van der Waals surface area contributed by atoms with Crippen molar-refractivity contribution >= 4 is 15.9 Å². The Balaban J connectivity index is 2.77. The topological polar surface area (TPSA) is 0 Å². The Labute approximate surface area is 57.7 Å². The predicted molar refractivity (Wildman–Crippen MR) is 39.9 cm³/mol. The molecule has 42 valence electrons. The Morgan fingerprint density at radius 2 is 2.38 bits per heavy atom. The fourth-order valence-corrected chi connectivity index (χ4v) is 1.14. The van der Waals surface area contributed by atoms with Crippen LogP contribution >= 0.6 is 15.9 Å². The van der Waals surface area contributed by atoms with Crippen LogP contribution in [0, 0.1) is 0 Å². The molecule has 1 aliphatic carbocycles. The zero-order chi connectivity index (χ0) is 5.98. The van der Waals surface area contributed by atoms with Crippen LogP contribution in [-0.2, 0) is 0 Å². The van der Waals surface area contributed by atoms with Crippen LogP contribution in [0.2, 0.25) is 0 Å². The highest BCUT2D eigenvalue weighted by molar-refractivity contribution is 9.11. The maximum atomic E-state index is 3.81. The average molecular weight is 171 g/mol. The zero-order valence-electron chi connectivity index (χ0n) is 4.52. The van der Waals surface area contributed by atoms with Gasteiger partial charge in [-0.1, -0.05) is 40.2 Å². The van der Waals surface area contributed by atoms with Gasteiger partial charge in [-0.3, -0.25) is 0 Å². The van der Waals surface area contributed by atoms with Crippen LogP contribution in [-0.4, -0.2) is 0 Å². The molecule has 0 aromatic heterocycles. The first-order valence-electron chi connectivity index (χ1n) is 2.50. The largest absolute Gasteiger partial charge is 0.0955 e. The van der Waals surface area contributed by atoms with Crippen molar-refractivity contribution in [3.63, 3.8) is 0 Å². The van der Waals surface area contributed by atoms with Gasteiger partial charge in [0.05, 0.1) is 0 Å². The summed E-state index contributed by atoms with van der Waals surface area (Å²) in [5.74, 6) is 0. The predicted octanol–water partition coefficient (Wildman–Crippen LogP) is 2.78. The minimum Gasteiger partial charge on any atom is -0.0955 e. The van der Waals surface area contributed by atoms with Gasteiger partial charge in [-0.2, -0.15) is 0 Å². The molecule has 0 N–H and O–H groups in total. The van der Waals surface area contributed by atoms with Gasteiger partial charge in [0.2, 0.25) is 0 Å². The van der Waals surface area contributed by atoms with E-state index < -0.39 is 0 Å². The van der Waals surface area contributed by atoms with Crippen LogP contribution in [0.15, 0.2) is 34.9 Å². The normalized spacial score (nSPS) is 18.6. The van der Waals surface area contributed by atoms with Crippen molar-refractivity contribution in [2.75, 3.05) is 0 Å². The first-order chi connectivity index (χ1) is 3.79. The number of halogens is 1. The Morgan fingerprint density at radius 3 is 2.75 bits per heavy atom. The monoisotopic (exact) mass is 170 g/mol. The molecular weight excluding hydrogens is 164 g/mol. The lowest BCUT2D eigenvalue weighted by molar-refractivity contribution is 1.27. The van der Waals surface area contributed by atoms with E-state index in [-0.39, 0.29) is 0 Å². The Bertz CT molecular complexity index is 163. The molecule has 1 heteroatoms.